The summed E-state index contributed by atoms with van der Waals surface area (Å²) in [5.74, 6) is -0.980. The summed E-state index contributed by atoms with van der Waals surface area (Å²) in [7, 11) is 0. The fourth-order valence-corrected chi connectivity index (χ4v) is 2.67. The zero-order chi connectivity index (χ0) is 20.7. The van der Waals surface area contributed by atoms with E-state index < -0.39 is 29.1 Å². The van der Waals surface area contributed by atoms with Gasteiger partial charge in [0.2, 0.25) is 0 Å². The van der Waals surface area contributed by atoms with Crippen LogP contribution in [0.2, 0.25) is 5.02 Å². The predicted octanol–water partition coefficient (Wildman–Crippen LogP) is 3.89. The number of benzene rings is 2. The Morgan fingerprint density at radius 2 is 1.86 bits per heavy atom. The van der Waals surface area contributed by atoms with Crippen molar-refractivity contribution in [2.24, 2.45) is 0 Å². The lowest BCUT2D eigenvalue weighted by atomic mass is 10.0. The molecule has 1 amide bonds. The van der Waals surface area contributed by atoms with Gasteiger partial charge in [-0.25, -0.2) is 4.79 Å². The molecule has 7 nitrogen and oxygen atoms in total. The van der Waals surface area contributed by atoms with Crippen molar-refractivity contribution >= 4 is 29.2 Å². The molecule has 2 rings (SSSR count). The van der Waals surface area contributed by atoms with E-state index in [1.165, 1.54) is 17.7 Å². The molecule has 0 aliphatic heterocycles. The molecule has 0 saturated carbocycles. The van der Waals surface area contributed by atoms with E-state index >= 15 is 0 Å². The van der Waals surface area contributed by atoms with Crippen molar-refractivity contribution in [1.29, 1.82) is 0 Å². The van der Waals surface area contributed by atoms with E-state index in [1.807, 2.05) is 12.1 Å². The monoisotopic (exact) mass is 404 g/mol. The summed E-state index contributed by atoms with van der Waals surface area (Å²) in [5, 5.41) is 13.8. The molecule has 0 aromatic heterocycles. The van der Waals surface area contributed by atoms with Crippen LogP contribution in [0.25, 0.3) is 0 Å². The lowest BCUT2D eigenvalue weighted by molar-refractivity contribution is -0.385. The molecular weight excluding hydrogens is 384 g/mol. The minimum atomic E-state index is -0.956. The fourth-order valence-electron chi connectivity index (χ4n) is 2.50. The number of esters is 1. The highest BCUT2D eigenvalue weighted by atomic mass is 35.5. The van der Waals surface area contributed by atoms with Gasteiger partial charge in [0.1, 0.15) is 5.56 Å². The molecule has 0 atom stereocenters. The van der Waals surface area contributed by atoms with Crippen molar-refractivity contribution in [3.8, 4) is 0 Å². The molecule has 0 spiro atoms. The molecule has 0 radical (unpaired) electrons. The van der Waals surface area contributed by atoms with Crippen LogP contribution in [0.3, 0.4) is 0 Å². The Bertz CT molecular complexity index is 865. The van der Waals surface area contributed by atoms with Crippen LogP contribution in [-0.4, -0.2) is 30.0 Å². The fraction of sp³-hybridized carbons (Fsp3) is 0.300. The molecule has 2 aromatic rings. The molecule has 2 aromatic carbocycles. The van der Waals surface area contributed by atoms with Crippen molar-refractivity contribution in [2.75, 3.05) is 13.2 Å². The van der Waals surface area contributed by atoms with Crippen LogP contribution in [0.5, 0.6) is 0 Å². The van der Waals surface area contributed by atoms with Gasteiger partial charge in [0, 0.05) is 17.6 Å². The van der Waals surface area contributed by atoms with Gasteiger partial charge in [0.25, 0.3) is 11.6 Å². The minimum absolute atomic E-state index is 0.127. The van der Waals surface area contributed by atoms with Gasteiger partial charge < -0.3 is 10.1 Å². The first-order chi connectivity index (χ1) is 13.3. The number of hydrogen-bond donors (Lipinski definition) is 1. The van der Waals surface area contributed by atoms with Gasteiger partial charge in [0.05, 0.1) is 4.92 Å². The number of nitrogens with zero attached hydrogens (tertiary/aromatic N) is 1. The van der Waals surface area contributed by atoms with Crippen LogP contribution >= 0.6 is 11.6 Å². The molecule has 0 fully saturated rings. The second-order valence-corrected chi connectivity index (χ2v) is 6.93. The maximum Gasteiger partial charge on any atom is 0.345 e. The molecule has 28 heavy (non-hydrogen) atoms. The van der Waals surface area contributed by atoms with Gasteiger partial charge in [-0.1, -0.05) is 49.7 Å². The lowest BCUT2D eigenvalue weighted by Crippen LogP contribution is -2.30. The maximum atomic E-state index is 12.0. The lowest BCUT2D eigenvalue weighted by Gasteiger charge is -2.09. The number of rotatable bonds is 8. The Morgan fingerprint density at radius 3 is 2.46 bits per heavy atom. The highest BCUT2D eigenvalue weighted by molar-refractivity contribution is 6.31. The van der Waals surface area contributed by atoms with E-state index in [-0.39, 0.29) is 10.6 Å². The molecule has 0 saturated heterocycles. The van der Waals surface area contributed by atoms with E-state index in [0.29, 0.717) is 18.9 Å². The second-order valence-electron chi connectivity index (χ2n) is 6.49. The Labute approximate surface area is 167 Å². The number of hydrogen-bond acceptors (Lipinski definition) is 5. The molecule has 1 N–H and O–H groups in total. The normalized spacial score (nSPS) is 10.6. The van der Waals surface area contributed by atoms with Gasteiger partial charge in [-0.3, -0.25) is 14.9 Å². The molecule has 148 valence electrons. The summed E-state index contributed by atoms with van der Waals surface area (Å²) < 4.78 is 4.87. The molecule has 0 aliphatic carbocycles. The second kappa shape index (κ2) is 9.85. The van der Waals surface area contributed by atoms with Crippen LogP contribution in [-0.2, 0) is 16.0 Å². The van der Waals surface area contributed by atoms with E-state index in [9.17, 15) is 19.7 Å². The van der Waals surface area contributed by atoms with E-state index in [0.717, 1.165) is 11.6 Å². The Morgan fingerprint density at radius 1 is 1.18 bits per heavy atom. The molecule has 0 unspecified atom stereocenters. The van der Waals surface area contributed by atoms with E-state index in [2.05, 4.69) is 31.3 Å². The third-order valence-electron chi connectivity index (χ3n) is 4.09. The van der Waals surface area contributed by atoms with E-state index in [1.54, 1.807) is 0 Å². The number of carbonyl (C=O) groups is 2. The molecule has 0 aliphatic rings. The van der Waals surface area contributed by atoms with Gasteiger partial charge in [-0.05, 0) is 35.6 Å². The minimum Gasteiger partial charge on any atom is -0.452 e. The number of ether oxygens (including phenoxy) is 1. The van der Waals surface area contributed by atoms with E-state index in [4.69, 9.17) is 16.3 Å². The van der Waals surface area contributed by atoms with Crippen LogP contribution in [0.4, 0.5) is 5.69 Å². The highest BCUT2D eigenvalue weighted by Crippen LogP contribution is 2.23. The third-order valence-corrected chi connectivity index (χ3v) is 4.33. The summed E-state index contributed by atoms with van der Waals surface area (Å²) in [5.41, 5.74) is 1.60. The first kappa shape index (κ1) is 21.4. The van der Waals surface area contributed by atoms with Gasteiger partial charge in [-0.15, -0.1) is 0 Å². The molecule has 8 heteroatoms. The summed E-state index contributed by atoms with van der Waals surface area (Å²) in [6.07, 6.45) is 0.640. The Balaban J connectivity index is 1.81. The average molecular weight is 405 g/mol. The van der Waals surface area contributed by atoms with Crippen molar-refractivity contribution in [3.63, 3.8) is 0 Å². The largest absolute Gasteiger partial charge is 0.452 e. The standard InChI is InChI=1S/C20H21ClN2O5/c1-13(2)15-5-3-14(4-6-15)9-10-22-19(24)12-28-20(25)17-8-7-16(21)11-18(17)23(26)27/h3-8,11,13H,9-10,12H2,1-2H3,(H,22,24). The summed E-state index contributed by atoms with van der Waals surface area (Å²) in [6, 6.07) is 11.7. The molecular formula is C20H21ClN2O5. The molecule has 0 heterocycles. The Hall–Kier alpha value is -2.93. The SMILES string of the molecule is CC(C)c1ccc(CCNC(=O)COC(=O)c2ccc(Cl)cc2[N+](=O)[O-])cc1. The van der Waals surface area contributed by atoms with Crippen LogP contribution in [0.15, 0.2) is 42.5 Å². The third kappa shape index (κ3) is 6.06. The maximum absolute atomic E-state index is 12.0. The van der Waals surface area contributed by atoms with Crippen LogP contribution in [0, 0.1) is 10.1 Å². The number of amides is 1. The Kier molecular flexibility index (Phi) is 7.52. The van der Waals surface area contributed by atoms with Crippen molar-refractivity contribution in [2.45, 2.75) is 26.2 Å². The summed E-state index contributed by atoms with van der Waals surface area (Å²) in [6.45, 7) is 4.10. The van der Waals surface area contributed by atoms with Crippen molar-refractivity contribution < 1.29 is 19.2 Å². The topological polar surface area (TPSA) is 98.5 Å². The first-order valence-corrected chi connectivity index (χ1v) is 9.12. The zero-order valence-corrected chi connectivity index (χ0v) is 16.4. The van der Waals surface area contributed by atoms with Crippen molar-refractivity contribution in [1.82, 2.24) is 5.32 Å². The number of halogens is 1. The number of carbonyl (C=O) groups excluding carboxylic acids is 2. The average Bonchev–Trinajstić information content (AvgIpc) is 2.66. The summed E-state index contributed by atoms with van der Waals surface area (Å²) in [4.78, 5) is 34.1. The summed E-state index contributed by atoms with van der Waals surface area (Å²) >= 11 is 5.70. The number of nitro groups is 1. The predicted molar refractivity (Wildman–Crippen MR) is 106 cm³/mol. The highest BCUT2D eigenvalue weighted by Gasteiger charge is 2.22. The van der Waals surface area contributed by atoms with Crippen LogP contribution in [0.1, 0.15) is 41.3 Å². The molecule has 0 bridgehead atoms. The quantitative estimate of drug-likeness (QED) is 0.409. The zero-order valence-electron chi connectivity index (χ0n) is 15.6. The number of nitrogens with one attached hydrogen (secondary N) is 1. The van der Waals surface area contributed by atoms with Crippen LogP contribution < -0.4 is 5.32 Å². The smallest absolute Gasteiger partial charge is 0.345 e. The van der Waals surface area contributed by atoms with Gasteiger partial charge in [0.15, 0.2) is 6.61 Å². The number of nitro benzene ring substituents is 1. The van der Waals surface area contributed by atoms with Crippen molar-refractivity contribution in [3.05, 3.63) is 74.3 Å². The first-order valence-electron chi connectivity index (χ1n) is 8.74. The van der Waals surface area contributed by atoms with Gasteiger partial charge >= 0.3 is 5.97 Å². The van der Waals surface area contributed by atoms with Gasteiger partial charge in [-0.2, -0.15) is 0 Å².